The molecule has 2 N–H and O–H groups in total. The van der Waals surface area contributed by atoms with Crippen LogP contribution in [0.15, 0.2) is 0 Å². The van der Waals surface area contributed by atoms with Gasteiger partial charge in [0.05, 0.1) is 0 Å². The van der Waals surface area contributed by atoms with E-state index < -0.39 is 17.0 Å². The maximum atomic E-state index is 11.7. The number of carbonyl (C=O) groups excluding carboxylic acids is 1. The molecule has 5 nitrogen and oxygen atoms in total. The number of nitrogens with zero attached hydrogens (tertiary/aromatic N) is 1. The minimum absolute atomic E-state index is 0.235. The molecule has 0 bridgehead atoms. The molecule has 1 saturated heterocycles. The summed E-state index contributed by atoms with van der Waals surface area (Å²) in [6.45, 7) is 6.78. The Kier molecular flexibility index (Phi) is 4.46. The molecule has 0 aromatic heterocycles. The second kappa shape index (κ2) is 5.25. The van der Waals surface area contributed by atoms with Crippen LogP contribution in [0.3, 0.4) is 0 Å². The summed E-state index contributed by atoms with van der Waals surface area (Å²) in [5, 5.41) is 5.23. The Labute approximate surface area is 99.6 Å². The van der Waals surface area contributed by atoms with Crippen molar-refractivity contribution in [1.82, 2.24) is 4.90 Å². The van der Waals surface area contributed by atoms with Gasteiger partial charge in [-0.2, -0.15) is 5.14 Å². The van der Waals surface area contributed by atoms with Crippen LogP contribution in [0.25, 0.3) is 0 Å². The van der Waals surface area contributed by atoms with Gasteiger partial charge in [-0.25, -0.2) is 4.79 Å². The van der Waals surface area contributed by atoms with Gasteiger partial charge in [-0.15, -0.1) is 0 Å². The van der Waals surface area contributed by atoms with Gasteiger partial charge >= 0.3 is 6.09 Å². The number of hydrogen-bond acceptors (Lipinski definition) is 4. The van der Waals surface area contributed by atoms with E-state index in [0.717, 1.165) is 6.42 Å². The smallest absolute Gasteiger partial charge is 0.410 e. The average molecular weight is 248 g/mol. The van der Waals surface area contributed by atoms with E-state index in [4.69, 9.17) is 9.88 Å². The Morgan fingerprint density at radius 1 is 1.62 bits per heavy atom. The number of amides is 1. The predicted octanol–water partition coefficient (Wildman–Crippen LogP) is 0.866. The molecule has 0 aromatic rings. The fourth-order valence-electron chi connectivity index (χ4n) is 1.69. The maximum absolute atomic E-state index is 11.7. The Hall–Kier alpha value is -0.460. The summed E-state index contributed by atoms with van der Waals surface area (Å²) < 4.78 is 16.1. The first-order valence-electron chi connectivity index (χ1n) is 5.38. The van der Waals surface area contributed by atoms with E-state index in [2.05, 4.69) is 0 Å². The zero-order valence-electron chi connectivity index (χ0n) is 10.1. The van der Waals surface area contributed by atoms with E-state index in [0.29, 0.717) is 18.8 Å². The lowest BCUT2D eigenvalue weighted by atomic mass is 10.2. The van der Waals surface area contributed by atoms with Crippen molar-refractivity contribution in [1.29, 1.82) is 0 Å². The van der Waals surface area contributed by atoms with Crippen LogP contribution in [0, 0.1) is 5.92 Å². The molecular formula is C10H20N2O3S. The molecule has 2 atom stereocenters. The zero-order chi connectivity index (χ0) is 12.3. The molecule has 1 fully saturated rings. The van der Waals surface area contributed by atoms with Crippen molar-refractivity contribution >= 4 is 17.5 Å². The predicted molar refractivity (Wildman–Crippen MR) is 63.1 cm³/mol. The monoisotopic (exact) mass is 248 g/mol. The standard InChI is InChI=1S/C10H20N2O3S/c1-10(2,3)15-9(13)12-5-4-8(6-12)7-16(11)14/h8H,4-7,11H2,1-3H3. The second-order valence-corrected chi connectivity index (χ2v) is 6.22. The third kappa shape index (κ3) is 4.59. The minimum atomic E-state index is -1.28. The van der Waals surface area contributed by atoms with Gasteiger partial charge in [0.25, 0.3) is 0 Å². The number of ether oxygens (including phenoxy) is 1. The van der Waals surface area contributed by atoms with Crippen LogP contribution in [0.5, 0.6) is 0 Å². The van der Waals surface area contributed by atoms with E-state index in [9.17, 15) is 9.35 Å². The molecule has 1 amide bonds. The highest BCUT2D eigenvalue weighted by Gasteiger charge is 2.31. The molecule has 94 valence electrons. The molecule has 0 aromatic carbocycles. The Morgan fingerprint density at radius 2 is 2.25 bits per heavy atom. The van der Waals surface area contributed by atoms with Gasteiger partial charge < -0.3 is 14.2 Å². The van der Waals surface area contributed by atoms with Crippen molar-refractivity contribution < 1.29 is 14.1 Å². The van der Waals surface area contributed by atoms with Crippen LogP contribution in [0.1, 0.15) is 27.2 Å². The van der Waals surface area contributed by atoms with Crippen LogP contribution in [-0.2, 0) is 16.1 Å². The molecule has 0 saturated carbocycles. The largest absolute Gasteiger partial charge is 0.598 e. The molecule has 0 radical (unpaired) electrons. The number of nitrogens with two attached hydrogens (primary N) is 1. The van der Waals surface area contributed by atoms with Crippen LogP contribution in [0.4, 0.5) is 4.79 Å². The minimum Gasteiger partial charge on any atom is -0.598 e. The van der Waals surface area contributed by atoms with E-state index in [1.54, 1.807) is 4.90 Å². The van der Waals surface area contributed by atoms with Crippen LogP contribution in [-0.4, -0.2) is 40.0 Å². The molecule has 0 spiro atoms. The van der Waals surface area contributed by atoms with Gasteiger partial charge in [-0.05, 0) is 27.2 Å². The summed E-state index contributed by atoms with van der Waals surface area (Å²) in [6.07, 6.45) is 0.556. The Bertz CT molecular complexity index is 253. The first-order chi connectivity index (χ1) is 7.28. The number of carbonyl (C=O) groups is 1. The molecule has 0 aliphatic carbocycles. The average Bonchev–Trinajstić information content (AvgIpc) is 2.48. The van der Waals surface area contributed by atoms with Gasteiger partial charge in [-0.3, -0.25) is 0 Å². The van der Waals surface area contributed by atoms with Gasteiger partial charge in [-0.1, -0.05) is 0 Å². The normalized spacial score (nSPS) is 23.3. The third-order valence-corrected chi connectivity index (χ3v) is 3.14. The summed E-state index contributed by atoms with van der Waals surface area (Å²) >= 11 is -1.28. The Balaban J connectivity index is 2.38. The van der Waals surface area contributed by atoms with E-state index in [1.807, 2.05) is 20.8 Å². The summed E-state index contributed by atoms with van der Waals surface area (Å²) in [6, 6.07) is 0. The lowest BCUT2D eigenvalue weighted by Crippen LogP contribution is -2.36. The highest BCUT2D eigenvalue weighted by molar-refractivity contribution is 7.89. The van der Waals surface area contributed by atoms with Crippen molar-refractivity contribution in [2.45, 2.75) is 32.8 Å². The van der Waals surface area contributed by atoms with Crippen molar-refractivity contribution in [2.24, 2.45) is 11.1 Å². The van der Waals surface area contributed by atoms with E-state index in [-0.39, 0.29) is 12.0 Å². The van der Waals surface area contributed by atoms with Gasteiger partial charge in [0, 0.05) is 30.4 Å². The van der Waals surface area contributed by atoms with Crippen molar-refractivity contribution in [3.8, 4) is 0 Å². The fraction of sp³-hybridized carbons (Fsp3) is 0.900. The van der Waals surface area contributed by atoms with Crippen LogP contribution in [0.2, 0.25) is 0 Å². The van der Waals surface area contributed by atoms with Crippen LogP contribution >= 0.6 is 0 Å². The third-order valence-electron chi connectivity index (χ3n) is 2.34. The molecule has 16 heavy (non-hydrogen) atoms. The highest BCUT2D eigenvalue weighted by Crippen LogP contribution is 2.20. The van der Waals surface area contributed by atoms with Crippen molar-refractivity contribution in [2.75, 3.05) is 18.8 Å². The number of likely N-dealkylation sites (tertiary alicyclic amines) is 1. The lowest BCUT2D eigenvalue weighted by Gasteiger charge is -2.24. The van der Waals surface area contributed by atoms with Crippen LogP contribution < -0.4 is 5.14 Å². The number of rotatable bonds is 2. The molecule has 1 aliphatic rings. The zero-order valence-corrected chi connectivity index (χ0v) is 10.9. The van der Waals surface area contributed by atoms with E-state index in [1.165, 1.54) is 0 Å². The molecule has 6 heteroatoms. The summed E-state index contributed by atoms with van der Waals surface area (Å²) in [7, 11) is 0. The molecule has 1 heterocycles. The summed E-state index contributed by atoms with van der Waals surface area (Å²) in [5.74, 6) is 0.692. The molecule has 1 rings (SSSR count). The molecule has 1 aliphatic heterocycles. The first-order valence-corrected chi connectivity index (χ1v) is 6.77. The second-order valence-electron chi connectivity index (χ2n) is 5.13. The lowest BCUT2D eigenvalue weighted by molar-refractivity contribution is 0.0289. The summed E-state index contributed by atoms with van der Waals surface area (Å²) in [5.41, 5.74) is -0.466. The summed E-state index contributed by atoms with van der Waals surface area (Å²) in [4.78, 5) is 13.3. The maximum Gasteiger partial charge on any atom is 0.410 e. The van der Waals surface area contributed by atoms with Gasteiger partial charge in [0.2, 0.25) is 0 Å². The van der Waals surface area contributed by atoms with Gasteiger partial charge in [0.15, 0.2) is 0 Å². The first kappa shape index (κ1) is 13.6. The topological polar surface area (TPSA) is 78.6 Å². The van der Waals surface area contributed by atoms with E-state index >= 15 is 0 Å². The molecular weight excluding hydrogens is 228 g/mol. The molecule has 2 unspecified atom stereocenters. The van der Waals surface area contributed by atoms with Crippen molar-refractivity contribution in [3.05, 3.63) is 0 Å². The Morgan fingerprint density at radius 3 is 2.75 bits per heavy atom. The van der Waals surface area contributed by atoms with Gasteiger partial charge in [0.1, 0.15) is 11.4 Å². The highest BCUT2D eigenvalue weighted by atomic mass is 32.2. The fourth-order valence-corrected chi connectivity index (χ4v) is 2.43. The SMILES string of the molecule is CC(C)(C)OC(=O)N1CCC(C[S+](N)[O-])C1. The quantitative estimate of drug-likeness (QED) is 0.735. The number of hydrogen-bond donors (Lipinski definition) is 1. The van der Waals surface area contributed by atoms with Crippen molar-refractivity contribution in [3.63, 3.8) is 0 Å².